The molecule has 0 radical (unpaired) electrons. The van der Waals surface area contributed by atoms with Crippen molar-refractivity contribution in [3.05, 3.63) is 0 Å². The van der Waals surface area contributed by atoms with Crippen molar-refractivity contribution in [1.82, 2.24) is 0 Å². The van der Waals surface area contributed by atoms with E-state index in [9.17, 15) is 9.90 Å². The number of carboxylic acids is 1. The minimum Gasteiger partial charge on any atom is -0.550 e. The first-order valence-electron chi connectivity index (χ1n) is 4.22. The molecule has 0 atom stereocenters. The third-order valence-corrected chi connectivity index (χ3v) is 2.67. The number of aliphatic carboxylic acids is 1. The second kappa shape index (κ2) is 2.84. The minimum atomic E-state index is -0.861. The minimum absolute atomic E-state index is 0.178. The molecule has 1 fully saturated rings. The van der Waals surface area contributed by atoms with Gasteiger partial charge in [0.25, 0.3) is 0 Å². The smallest absolute Gasteiger partial charge is 0.0445 e. The summed E-state index contributed by atoms with van der Waals surface area (Å²) < 4.78 is 0. The van der Waals surface area contributed by atoms with Crippen molar-refractivity contribution in [1.29, 1.82) is 0 Å². The molecule has 64 valence electrons. The molecule has 0 aromatic rings. The van der Waals surface area contributed by atoms with E-state index in [0.717, 1.165) is 25.7 Å². The van der Waals surface area contributed by atoms with Crippen LogP contribution in [0.5, 0.6) is 0 Å². The van der Waals surface area contributed by atoms with Crippen LogP contribution in [0.2, 0.25) is 0 Å². The molecule has 0 bridgehead atoms. The Morgan fingerprint density at radius 1 is 1.36 bits per heavy atom. The number of rotatable bonds is 1. The van der Waals surface area contributed by atoms with Crippen molar-refractivity contribution < 1.29 is 9.90 Å². The lowest BCUT2D eigenvalue weighted by molar-refractivity contribution is -0.312. The molecule has 0 saturated heterocycles. The Morgan fingerprint density at radius 2 is 1.82 bits per heavy atom. The molecule has 0 aliphatic heterocycles. The van der Waals surface area contributed by atoms with Crippen LogP contribution in [0.3, 0.4) is 0 Å². The van der Waals surface area contributed by atoms with Crippen LogP contribution in [0.15, 0.2) is 0 Å². The summed E-state index contributed by atoms with van der Waals surface area (Å²) in [6.45, 7) is 4.39. The van der Waals surface area contributed by atoms with Crippen LogP contribution >= 0.6 is 0 Å². The van der Waals surface area contributed by atoms with Crippen molar-refractivity contribution in [2.45, 2.75) is 39.5 Å². The molecular weight excluding hydrogens is 140 g/mol. The highest BCUT2D eigenvalue weighted by Gasteiger charge is 2.26. The van der Waals surface area contributed by atoms with E-state index < -0.39 is 5.97 Å². The Balaban J connectivity index is 2.42. The topological polar surface area (TPSA) is 40.1 Å². The predicted octanol–water partition coefficient (Wildman–Crippen LogP) is 0.953. The fraction of sp³-hybridized carbons (Fsp3) is 0.889. The van der Waals surface area contributed by atoms with Gasteiger partial charge >= 0.3 is 0 Å². The maximum Gasteiger partial charge on any atom is 0.0445 e. The molecule has 1 rings (SSSR count). The van der Waals surface area contributed by atoms with Crippen LogP contribution in [0.4, 0.5) is 0 Å². The van der Waals surface area contributed by atoms with Gasteiger partial charge in [0.1, 0.15) is 0 Å². The van der Waals surface area contributed by atoms with Gasteiger partial charge in [-0.1, -0.05) is 13.8 Å². The number of carbonyl (C=O) groups excluding carboxylic acids is 1. The van der Waals surface area contributed by atoms with Crippen LogP contribution in [0.25, 0.3) is 0 Å². The third-order valence-electron chi connectivity index (χ3n) is 2.67. The second-order valence-corrected chi connectivity index (χ2v) is 4.26. The van der Waals surface area contributed by atoms with Gasteiger partial charge in [-0.2, -0.15) is 0 Å². The van der Waals surface area contributed by atoms with Gasteiger partial charge in [-0.05, 0) is 37.0 Å². The predicted molar refractivity (Wildman–Crippen MR) is 40.7 cm³/mol. The Bertz CT molecular complexity index is 151. The zero-order chi connectivity index (χ0) is 8.48. The van der Waals surface area contributed by atoms with Gasteiger partial charge in [-0.3, -0.25) is 0 Å². The van der Waals surface area contributed by atoms with E-state index in [1.54, 1.807) is 0 Å². The van der Waals surface area contributed by atoms with E-state index in [1.165, 1.54) is 0 Å². The maximum atomic E-state index is 10.5. The van der Waals surface area contributed by atoms with Crippen LogP contribution in [-0.4, -0.2) is 5.97 Å². The second-order valence-electron chi connectivity index (χ2n) is 4.26. The molecule has 0 spiro atoms. The Kier molecular flexibility index (Phi) is 2.21. The summed E-state index contributed by atoms with van der Waals surface area (Å²) in [5.74, 6) is -1.04. The lowest BCUT2D eigenvalue weighted by Crippen LogP contribution is -2.35. The fourth-order valence-electron chi connectivity index (χ4n) is 1.63. The molecule has 0 amide bonds. The summed E-state index contributed by atoms with van der Waals surface area (Å²) >= 11 is 0. The highest BCUT2D eigenvalue weighted by molar-refractivity contribution is 5.67. The summed E-state index contributed by atoms with van der Waals surface area (Å²) in [6, 6.07) is 0. The molecule has 0 aromatic carbocycles. The summed E-state index contributed by atoms with van der Waals surface area (Å²) in [5.41, 5.74) is 0.353. The summed E-state index contributed by atoms with van der Waals surface area (Å²) in [6.07, 6.45) is 3.64. The largest absolute Gasteiger partial charge is 0.550 e. The van der Waals surface area contributed by atoms with Crippen LogP contribution in [0.1, 0.15) is 39.5 Å². The first kappa shape index (κ1) is 8.57. The van der Waals surface area contributed by atoms with Gasteiger partial charge in [-0.15, -0.1) is 0 Å². The standard InChI is InChI=1S/C9H16O2/c1-9(2)5-3-7(4-6-9)8(10)11/h7H,3-6H2,1-2H3,(H,10,11)/p-1. The third kappa shape index (κ3) is 2.21. The molecule has 1 saturated carbocycles. The molecule has 2 heteroatoms. The van der Waals surface area contributed by atoms with Gasteiger partial charge in [0.15, 0.2) is 0 Å². The van der Waals surface area contributed by atoms with Gasteiger partial charge in [-0.25, -0.2) is 0 Å². The molecule has 1 aliphatic carbocycles. The first-order chi connectivity index (χ1) is 5.01. The molecule has 11 heavy (non-hydrogen) atoms. The highest BCUT2D eigenvalue weighted by atomic mass is 16.4. The summed E-state index contributed by atoms with van der Waals surface area (Å²) in [5, 5.41) is 10.5. The van der Waals surface area contributed by atoms with E-state index in [4.69, 9.17) is 0 Å². The van der Waals surface area contributed by atoms with Crippen molar-refractivity contribution >= 4 is 5.97 Å². The Morgan fingerprint density at radius 3 is 2.18 bits per heavy atom. The monoisotopic (exact) mass is 155 g/mol. The first-order valence-corrected chi connectivity index (χ1v) is 4.22. The molecule has 1 aliphatic rings. The maximum absolute atomic E-state index is 10.5. The van der Waals surface area contributed by atoms with E-state index in [2.05, 4.69) is 13.8 Å². The van der Waals surface area contributed by atoms with Crippen molar-refractivity contribution in [3.8, 4) is 0 Å². The molecule has 0 N–H and O–H groups in total. The number of hydrogen-bond donors (Lipinski definition) is 0. The summed E-state index contributed by atoms with van der Waals surface area (Å²) in [7, 11) is 0. The van der Waals surface area contributed by atoms with E-state index >= 15 is 0 Å². The average Bonchev–Trinajstić information content (AvgIpc) is 1.86. The van der Waals surface area contributed by atoms with Gasteiger partial charge in [0.05, 0.1) is 0 Å². The van der Waals surface area contributed by atoms with Gasteiger partial charge in [0.2, 0.25) is 0 Å². The lowest BCUT2D eigenvalue weighted by atomic mass is 9.73. The number of carbonyl (C=O) groups is 1. The molecule has 0 heterocycles. The van der Waals surface area contributed by atoms with Crippen molar-refractivity contribution in [2.24, 2.45) is 11.3 Å². The normalized spacial score (nSPS) is 24.9. The average molecular weight is 155 g/mol. The van der Waals surface area contributed by atoms with Gasteiger partial charge < -0.3 is 9.90 Å². The van der Waals surface area contributed by atoms with E-state index in [1.807, 2.05) is 0 Å². The molecule has 0 aromatic heterocycles. The van der Waals surface area contributed by atoms with E-state index in [-0.39, 0.29) is 5.92 Å². The molecular formula is C9H15O2-. The lowest BCUT2D eigenvalue weighted by Gasteiger charge is -2.34. The zero-order valence-electron chi connectivity index (χ0n) is 7.22. The van der Waals surface area contributed by atoms with Crippen LogP contribution < -0.4 is 5.11 Å². The molecule has 0 unspecified atom stereocenters. The summed E-state index contributed by atoms with van der Waals surface area (Å²) in [4.78, 5) is 10.5. The SMILES string of the molecule is CC1(C)CCC(C(=O)[O-])CC1. The zero-order valence-corrected chi connectivity index (χ0v) is 7.22. The van der Waals surface area contributed by atoms with Crippen LogP contribution in [-0.2, 0) is 4.79 Å². The fourth-order valence-corrected chi connectivity index (χ4v) is 1.63. The Hall–Kier alpha value is -0.530. The number of carboxylic acid groups (broad SMARTS) is 1. The number of hydrogen-bond acceptors (Lipinski definition) is 2. The van der Waals surface area contributed by atoms with E-state index in [0.29, 0.717) is 5.41 Å². The van der Waals surface area contributed by atoms with Crippen molar-refractivity contribution in [3.63, 3.8) is 0 Å². The quantitative estimate of drug-likeness (QED) is 0.565. The van der Waals surface area contributed by atoms with Gasteiger partial charge in [0, 0.05) is 5.97 Å². The highest BCUT2D eigenvalue weighted by Crippen LogP contribution is 2.37. The Labute approximate surface area is 67.6 Å². The van der Waals surface area contributed by atoms with Crippen molar-refractivity contribution in [2.75, 3.05) is 0 Å². The molecule has 2 nitrogen and oxygen atoms in total. The van der Waals surface area contributed by atoms with Crippen LogP contribution in [0, 0.1) is 11.3 Å².